The van der Waals surface area contributed by atoms with Crippen LogP contribution in [0.5, 0.6) is 0 Å². The van der Waals surface area contributed by atoms with Crippen LogP contribution < -0.4 is 5.32 Å². The maximum Gasteiger partial charge on any atom is 0.416 e. The summed E-state index contributed by atoms with van der Waals surface area (Å²) in [5.74, 6) is 0. The van der Waals surface area contributed by atoms with Gasteiger partial charge in [0.2, 0.25) is 0 Å². The number of nitriles is 1. The first kappa shape index (κ1) is 20.0. The van der Waals surface area contributed by atoms with Crippen LogP contribution in [0, 0.1) is 11.3 Å². The van der Waals surface area contributed by atoms with E-state index >= 15 is 0 Å². The fourth-order valence-electron chi connectivity index (χ4n) is 2.23. The Bertz CT molecular complexity index is 841. The summed E-state index contributed by atoms with van der Waals surface area (Å²) in [6.45, 7) is 0.428. The average molecular weight is 374 g/mol. The van der Waals surface area contributed by atoms with Crippen LogP contribution in [0.2, 0.25) is 0 Å². The third-order valence-electron chi connectivity index (χ3n) is 3.52. The monoisotopic (exact) mass is 374 g/mol. The molecule has 27 heavy (non-hydrogen) atoms. The number of amides is 1. The molecule has 0 atom stereocenters. The summed E-state index contributed by atoms with van der Waals surface area (Å²) in [5.41, 5.74) is 0.203. The van der Waals surface area contributed by atoms with Crippen molar-refractivity contribution in [1.29, 1.82) is 5.26 Å². The number of alkyl carbamates (subject to hydrolysis) is 1. The molecule has 0 fully saturated rings. The van der Waals surface area contributed by atoms with Crippen molar-refractivity contribution in [1.82, 2.24) is 5.32 Å². The molecule has 0 aliphatic carbocycles. The molecule has 7 heteroatoms. The van der Waals surface area contributed by atoms with Crippen LogP contribution in [-0.2, 0) is 17.5 Å². The number of rotatable bonds is 6. The minimum absolute atomic E-state index is 0.0629. The molecule has 0 saturated carbocycles. The Hall–Kier alpha value is -3.27. The number of hydrogen-bond donors (Lipinski definition) is 1. The van der Waals surface area contributed by atoms with E-state index < -0.39 is 17.8 Å². The highest BCUT2D eigenvalue weighted by molar-refractivity contribution is 5.67. The molecule has 140 valence electrons. The highest BCUT2D eigenvalue weighted by atomic mass is 19.4. The van der Waals surface area contributed by atoms with Gasteiger partial charge in [0.25, 0.3) is 0 Å². The number of carbonyl (C=O) groups is 1. The zero-order valence-corrected chi connectivity index (χ0v) is 14.3. The van der Waals surface area contributed by atoms with Gasteiger partial charge in [-0.05, 0) is 35.7 Å². The fraction of sp³-hybridized carbons (Fsp3) is 0.200. The molecule has 0 saturated heterocycles. The zero-order valence-electron chi connectivity index (χ0n) is 14.3. The minimum Gasteiger partial charge on any atom is -0.445 e. The molecule has 4 nitrogen and oxygen atoms in total. The number of hydrogen-bond acceptors (Lipinski definition) is 3. The highest BCUT2D eigenvalue weighted by Crippen LogP contribution is 2.30. The lowest BCUT2D eigenvalue weighted by molar-refractivity contribution is -0.137. The Morgan fingerprint density at radius 2 is 1.93 bits per heavy atom. The third kappa shape index (κ3) is 6.86. The Kier molecular flexibility index (Phi) is 7.00. The van der Waals surface area contributed by atoms with E-state index in [1.165, 1.54) is 12.1 Å². The number of nitrogens with one attached hydrogen (secondary N) is 1. The SMILES string of the molecule is N#Cc1cc(C=CCCNC(=O)OCc2ccccc2)cc(C(F)(F)F)c1. The van der Waals surface area contributed by atoms with Crippen LogP contribution in [0.15, 0.2) is 54.6 Å². The van der Waals surface area contributed by atoms with Crippen molar-refractivity contribution in [2.45, 2.75) is 19.2 Å². The largest absolute Gasteiger partial charge is 0.445 e. The fourth-order valence-corrected chi connectivity index (χ4v) is 2.23. The summed E-state index contributed by atoms with van der Waals surface area (Å²) in [4.78, 5) is 11.6. The molecule has 0 spiro atoms. The van der Waals surface area contributed by atoms with E-state index in [9.17, 15) is 18.0 Å². The van der Waals surface area contributed by atoms with Gasteiger partial charge in [-0.25, -0.2) is 4.79 Å². The second-order valence-corrected chi connectivity index (χ2v) is 5.63. The smallest absolute Gasteiger partial charge is 0.416 e. The molecule has 0 aliphatic rings. The number of halogens is 3. The van der Waals surface area contributed by atoms with E-state index in [2.05, 4.69) is 5.32 Å². The number of benzene rings is 2. The Labute approximate surface area is 154 Å². The quantitative estimate of drug-likeness (QED) is 0.731. The Morgan fingerprint density at radius 1 is 1.19 bits per heavy atom. The van der Waals surface area contributed by atoms with Gasteiger partial charge >= 0.3 is 12.3 Å². The minimum atomic E-state index is -4.51. The van der Waals surface area contributed by atoms with Crippen molar-refractivity contribution in [2.24, 2.45) is 0 Å². The van der Waals surface area contributed by atoms with E-state index in [-0.39, 0.29) is 24.3 Å². The average Bonchev–Trinajstić information content (AvgIpc) is 2.66. The van der Waals surface area contributed by atoms with E-state index in [0.717, 1.165) is 17.7 Å². The summed E-state index contributed by atoms with van der Waals surface area (Å²) >= 11 is 0. The lowest BCUT2D eigenvalue weighted by Crippen LogP contribution is -2.24. The Balaban J connectivity index is 1.80. The van der Waals surface area contributed by atoms with Crippen molar-refractivity contribution in [2.75, 3.05) is 6.54 Å². The second kappa shape index (κ2) is 9.43. The van der Waals surface area contributed by atoms with Crippen molar-refractivity contribution in [3.63, 3.8) is 0 Å². The lowest BCUT2D eigenvalue weighted by atomic mass is 10.1. The van der Waals surface area contributed by atoms with Gasteiger partial charge in [0.05, 0.1) is 17.2 Å². The molecule has 0 unspecified atom stereocenters. The van der Waals surface area contributed by atoms with Crippen LogP contribution >= 0.6 is 0 Å². The van der Waals surface area contributed by atoms with Gasteiger partial charge in [-0.15, -0.1) is 0 Å². The number of nitrogens with zero attached hydrogens (tertiary/aromatic N) is 1. The molecule has 1 amide bonds. The zero-order chi connectivity index (χ0) is 19.7. The van der Waals surface area contributed by atoms with E-state index in [1.807, 2.05) is 30.3 Å². The topological polar surface area (TPSA) is 62.1 Å². The van der Waals surface area contributed by atoms with Gasteiger partial charge in [-0.3, -0.25) is 0 Å². The van der Waals surface area contributed by atoms with Gasteiger partial charge in [-0.2, -0.15) is 18.4 Å². The molecule has 2 aromatic rings. The number of alkyl halides is 3. The lowest BCUT2D eigenvalue weighted by Gasteiger charge is -2.08. The molecule has 0 aliphatic heterocycles. The molecule has 0 radical (unpaired) electrons. The second-order valence-electron chi connectivity index (χ2n) is 5.63. The molecular weight excluding hydrogens is 357 g/mol. The van der Waals surface area contributed by atoms with Crippen LogP contribution in [0.25, 0.3) is 6.08 Å². The van der Waals surface area contributed by atoms with Gasteiger partial charge in [0.15, 0.2) is 0 Å². The molecule has 2 rings (SSSR count). The van der Waals surface area contributed by atoms with Gasteiger partial charge in [0, 0.05) is 6.54 Å². The van der Waals surface area contributed by atoms with Crippen LogP contribution in [0.1, 0.15) is 28.7 Å². The molecule has 0 heterocycles. The Morgan fingerprint density at radius 3 is 2.59 bits per heavy atom. The van der Waals surface area contributed by atoms with E-state index in [1.54, 1.807) is 12.1 Å². The van der Waals surface area contributed by atoms with Crippen molar-refractivity contribution < 1.29 is 22.7 Å². The third-order valence-corrected chi connectivity index (χ3v) is 3.52. The summed E-state index contributed by atoms with van der Waals surface area (Å²) in [6.07, 6.45) is -1.59. The maximum absolute atomic E-state index is 12.8. The van der Waals surface area contributed by atoms with E-state index in [4.69, 9.17) is 10.00 Å². The molecule has 0 bridgehead atoms. The van der Waals surface area contributed by atoms with Crippen molar-refractivity contribution >= 4 is 12.2 Å². The normalized spacial score (nSPS) is 11.2. The van der Waals surface area contributed by atoms with Crippen LogP contribution in [-0.4, -0.2) is 12.6 Å². The van der Waals surface area contributed by atoms with Gasteiger partial charge in [0.1, 0.15) is 6.61 Å². The molecular formula is C20H17F3N2O2. The number of ether oxygens (including phenoxy) is 1. The van der Waals surface area contributed by atoms with Crippen LogP contribution in [0.4, 0.5) is 18.0 Å². The summed E-state index contributed by atoms with van der Waals surface area (Å²) < 4.78 is 43.5. The molecule has 1 N–H and O–H groups in total. The first-order valence-electron chi connectivity index (χ1n) is 8.12. The maximum atomic E-state index is 12.8. The summed E-state index contributed by atoms with van der Waals surface area (Å²) in [7, 11) is 0. The van der Waals surface area contributed by atoms with Crippen LogP contribution in [0.3, 0.4) is 0 Å². The van der Waals surface area contributed by atoms with E-state index in [0.29, 0.717) is 6.42 Å². The molecule has 0 aromatic heterocycles. The van der Waals surface area contributed by atoms with Crippen molar-refractivity contribution in [3.05, 3.63) is 76.9 Å². The first-order chi connectivity index (χ1) is 12.9. The summed E-state index contributed by atoms with van der Waals surface area (Å²) in [6, 6.07) is 14.1. The predicted molar refractivity (Wildman–Crippen MR) is 94.4 cm³/mol. The number of carbonyl (C=O) groups excluding carboxylic acids is 1. The van der Waals surface area contributed by atoms with Crippen molar-refractivity contribution in [3.8, 4) is 6.07 Å². The predicted octanol–water partition coefficient (Wildman–Crippen LogP) is 4.91. The standard InChI is InChI=1S/C20H17F3N2O2/c21-20(22,23)18-11-16(10-17(12-18)13-24)8-4-5-9-25-19(26)27-14-15-6-2-1-3-7-15/h1-4,6-8,10-12H,5,9,14H2,(H,25,26). The summed E-state index contributed by atoms with van der Waals surface area (Å²) in [5, 5.41) is 11.4. The van der Waals surface area contributed by atoms with Gasteiger partial charge in [-0.1, -0.05) is 42.5 Å². The van der Waals surface area contributed by atoms with Gasteiger partial charge < -0.3 is 10.1 Å². The first-order valence-corrected chi connectivity index (χ1v) is 8.12. The molecule has 2 aromatic carbocycles. The highest BCUT2D eigenvalue weighted by Gasteiger charge is 2.31.